The van der Waals surface area contributed by atoms with Gasteiger partial charge in [0.1, 0.15) is 0 Å². The summed E-state index contributed by atoms with van der Waals surface area (Å²) in [6.45, 7) is 6.60. The molecule has 1 saturated heterocycles. The lowest BCUT2D eigenvalue weighted by Gasteiger charge is -2.13. The Balaban J connectivity index is 1.56. The SMILES string of the molecule is CCn1c(=O)n(CC)c2cc(-c3cncn3CCN[C@@H]3CCS(=O)(=O)C3)ccc21. The van der Waals surface area contributed by atoms with Crippen LogP contribution < -0.4 is 11.0 Å². The number of hydrogen-bond donors (Lipinski definition) is 1. The lowest BCUT2D eigenvalue weighted by atomic mass is 10.1. The van der Waals surface area contributed by atoms with Crippen molar-refractivity contribution in [3.05, 3.63) is 41.2 Å². The molecule has 1 aromatic carbocycles. The number of nitrogens with one attached hydrogen (secondary N) is 1. The first-order valence-corrected chi connectivity index (χ1v) is 11.9. The molecule has 3 heterocycles. The highest BCUT2D eigenvalue weighted by Crippen LogP contribution is 2.24. The Morgan fingerprint density at radius 3 is 2.62 bits per heavy atom. The van der Waals surface area contributed by atoms with Crippen LogP contribution in [-0.4, -0.2) is 51.2 Å². The van der Waals surface area contributed by atoms with Gasteiger partial charge >= 0.3 is 5.69 Å². The molecule has 29 heavy (non-hydrogen) atoms. The molecule has 1 aliphatic heterocycles. The highest BCUT2D eigenvalue weighted by molar-refractivity contribution is 7.91. The predicted octanol–water partition coefficient (Wildman–Crippen LogP) is 1.48. The van der Waals surface area contributed by atoms with Crippen LogP contribution in [0, 0.1) is 0 Å². The van der Waals surface area contributed by atoms with Gasteiger partial charge in [-0.2, -0.15) is 0 Å². The van der Waals surface area contributed by atoms with Gasteiger partial charge in [0.05, 0.1) is 40.8 Å². The summed E-state index contributed by atoms with van der Waals surface area (Å²) >= 11 is 0. The van der Waals surface area contributed by atoms with Gasteiger partial charge in [-0.25, -0.2) is 18.2 Å². The maximum atomic E-state index is 12.6. The van der Waals surface area contributed by atoms with Crippen LogP contribution in [0.25, 0.3) is 22.3 Å². The molecule has 0 unspecified atom stereocenters. The van der Waals surface area contributed by atoms with Crippen molar-refractivity contribution in [2.45, 2.75) is 45.9 Å². The monoisotopic (exact) mass is 417 g/mol. The standard InChI is InChI=1S/C20H27N5O3S/c1-3-24-17-6-5-15(11-18(17)25(4-2)20(24)26)19-12-21-14-23(19)9-8-22-16-7-10-29(27,28)13-16/h5-6,11-12,14,16,22H,3-4,7-10,13H2,1-2H3/t16-/m1/s1. The van der Waals surface area contributed by atoms with Crippen LogP contribution in [0.4, 0.5) is 0 Å². The number of rotatable bonds is 7. The molecular weight excluding hydrogens is 390 g/mol. The first-order valence-electron chi connectivity index (χ1n) is 10.1. The highest BCUT2D eigenvalue weighted by atomic mass is 32.2. The van der Waals surface area contributed by atoms with Gasteiger partial charge in [0, 0.05) is 37.8 Å². The molecule has 0 saturated carbocycles. The van der Waals surface area contributed by atoms with E-state index in [1.807, 2.05) is 32.2 Å². The van der Waals surface area contributed by atoms with E-state index in [4.69, 9.17) is 0 Å². The summed E-state index contributed by atoms with van der Waals surface area (Å²) < 4.78 is 28.8. The normalized spacial score (nSPS) is 18.6. The number of hydrogen-bond acceptors (Lipinski definition) is 5. The summed E-state index contributed by atoms with van der Waals surface area (Å²) in [7, 11) is -2.87. The fourth-order valence-electron chi connectivity index (χ4n) is 4.17. The lowest BCUT2D eigenvalue weighted by Crippen LogP contribution is -2.32. The third-order valence-corrected chi connectivity index (χ3v) is 7.45. The van der Waals surface area contributed by atoms with E-state index in [0.717, 1.165) is 22.3 Å². The molecular formula is C20H27N5O3S. The molecule has 0 bridgehead atoms. The van der Waals surface area contributed by atoms with Gasteiger partial charge in [-0.15, -0.1) is 0 Å². The molecule has 0 radical (unpaired) electrons. The Morgan fingerprint density at radius 2 is 1.93 bits per heavy atom. The van der Waals surface area contributed by atoms with E-state index >= 15 is 0 Å². The van der Waals surface area contributed by atoms with Gasteiger partial charge in [-0.1, -0.05) is 6.07 Å². The molecule has 9 heteroatoms. The zero-order chi connectivity index (χ0) is 20.6. The van der Waals surface area contributed by atoms with Gasteiger partial charge in [-0.3, -0.25) is 9.13 Å². The second kappa shape index (κ2) is 7.79. The Bertz CT molecular complexity index is 1190. The van der Waals surface area contributed by atoms with Crippen molar-refractivity contribution in [1.29, 1.82) is 0 Å². The number of imidazole rings is 2. The van der Waals surface area contributed by atoms with Crippen molar-refractivity contribution in [3.8, 4) is 11.3 Å². The van der Waals surface area contributed by atoms with E-state index in [0.29, 0.717) is 32.6 Å². The maximum absolute atomic E-state index is 12.6. The molecule has 0 aliphatic carbocycles. The number of benzene rings is 1. The average molecular weight is 418 g/mol. The predicted molar refractivity (Wildman–Crippen MR) is 114 cm³/mol. The number of aryl methyl sites for hydroxylation is 2. The smallest absolute Gasteiger partial charge is 0.329 e. The summed E-state index contributed by atoms with van der Waals surface area (Å²) in [6.07, 6.45) is 4.29. The topological polar surface area (TPSA) is 90.9 Å². The van der Waals surface area contributed by atoms with Crippen molar-refractivity contribution >= 4 is 20.9 Å². The van der Waals surface area contributed by atoms with E-state index in [1.165, 1.54) is 0 Å². The van der Waals surface area contributed by atoms with Crippen LogP contribution in [0.15, 0.2) is 35.5 Å². The summed E-state index contributed by atoms with van der Waals surface area (Å²) in [6, 6.07) is 6.12. The summed E-state index contributed by atoms with van der Waals surface area (Å²) in [5, 5.41) is 3.34. The van der Waals surface area contributed by atoms with Crippen LogP contribution in [-0.2, 0) is 29.5 Å². The molecule has 1 fully saturated rings. The van der Waals surface area contributed by atoms with Gasteiger partial charge in [0.2, 0.25) is 0 Å². The van der Waals surface area contributed by atoms with E-state index in [1.54, 1.807) is 15.5 Å². The van der Waals surface area contributed by atoms with Crippen LogP contribution in [0.3, 0.4) is 0 Å². The molecule has 156 valence electrons. The second-order valence-corrected chi connectivity index (χ2v) is 9.73. The van der Waals surface area contributed by atoms with Gasteiger partial charge in [0.25, 0.3) is 0 Å². The molecule has 1 aliphatic rings. The lowest BCUT2D eigenvalue weighted by molar-refractivity contribution is 0.521. The largest absolute Gasteiger partial charge is 0.329 e. The molecule has 2 aromatic heterocycles. The van der Waals surface area contributed by atoms with Gasteiger partial charge < -0.3 is 9.88 Å². The summed E-state index contributed by atoms with van der Waals surface area (Å²) in [5.74, 6) is 0.501. The first-order chi connectivity index (χ1) is 13.9. The van der Waals surface area contributed by atoms with Crippen molar-refractivity contribution in [2.75, 3.05) is 18.1 Å². The number of sulfone groups is 1. The summed E-state index contributed by atoms with van der Waals surface area (Å²) in [5.41, 5.74) is 3.88. The zero-order valence-electron chi connectivity index (χ0n) is 16.8. The third kappa shape index (κ3) is 3.76. The summed E-state index contributed by atoms with van der Waals surface area (Å²) in [4.78, 5) is 16.9. The highest BCUT2D eigenvalue weighted by Gasteiger charge is 2.27. The first kappa shape index (κ1) is 19.9. The minimum Gasteiger partial charge on any atom is -0.329 e. The van der Waals surface area contributed by atoms with Crippen LogP contribution in [0.1, 0.15) is 20.3 Å². The minimum absolute atomic E-state index is 0.0198. The van der Waals surface area contributed by atoms with Crippen molar-refractivity contribution in [1.82, 2.24) is 24.0 Å². The van der Waals surface area contributed by atoms with Crippen molar-refractivity contribution in [2.24, 2.45) is 0 Å². The van der Waals surface area contributed by atoms with Crippen LogP contribution in [0.2, 0.25) is 0 Å². The molecule has 8 nitrogen and oxygen atoms in total. The van der Waals surface area contributed by atoms with E-state index < -0.39 is 9.84 Å². The minimum atomic E-state index is -2.87. The Morgan fingerprint density at radius 1 is 1.17 bits per heavy atom. The van der Waals surface area contributed by atoms with E-state index in [2.05, 4.69) is 20.9 Å². The number of aromatic nitrogens is 4. The van der Waals surface area contributed by atoms with Crippen molar-refractivity contribution in [3.63, 3.8) is 0 Å². The number of fused-ring (bicyclic) bond motifs is 1. The Hall–Kier alpha value is -2.39. The fraction of sp³-hybridized carbons (Fsp3) is 0.500. The molecule has 1 atom stereocenters. The quantitative estimate of drug-likeness (QED) is 0.629. The van der Waals surface area contributed by atoms with E-state index in [-0.39, 0.29) is 23.2 Å². The molecule has 3 aromatic rings. The fourth-order valence-corrected chi connectivity index (χ4v) is 5.88. The molecule has 4 rings (SSSR count). The Kier molecular flexibility index (Phi) is 5.35. The van der Waals surface area contributed by atoms with Crippen LogP contribution >= 0.6 is 0 Å². The van der Waals surface area contributed by atoms with Crippen molar-refractivity contribution < 1.29 is 8.42 Å². The number of nitrogens with zero attached hydrogens (tertiary/aromatic N) is 4. The molecule has 0 amide bonds. The zero-order valence-corrected chi connectivity index (χ0v) is 17.7. The average Bonchev–Trinajstić information content (AvgIpc) is 3.36. The Labute approximate surface area is 170 Å². The maximum Gasteiger partial charge on any atom is 0.329 e. The van der Waals surface area contributed by atoms with Gasteiger partial charge in [0.15, 0.2) is 9.84 Å². The second-order valence-electron chi connectivity index (χ2n) is 7.50. The van der Waals surface area contributed by atoms with E-state index in [9.17, 15) is 13.2 Å². The van der Waals surface area contributed by atoms with Gasteiger partial charge in [-0.05, 0) is 32.4 Å². The third-order valence-electron chi connectivity index (χ3n) is 5.68. The molecule has 1 N–H and O–H groups in total. The molecule has 0 spiro atoms. The van der Waals surface area contributed by atoms with Crippen LogP contribution in [0.5, 0.6) is 0 Å².